The van der Waals surface area contributed by atoms with Crippen LogP contribution in [0.5, 0.6) is 0 Å². The Bertz CT molecular complexity index is 832. The number of hydrogen-bond donors (Lipinski definition) is 4. The Morgan fingerprint density at radius 3 is 1.95 bits per heavy atom. The molecule has 11 heteroatoms. The van der Waals surface area contributed by atoms with Crippen molar-refractivity contribution in [2.75, 3.05) is 20.1 Å². The summed E-state index contributed by atoms with van der Waals surface area (Å²) in [6, 6.07) is 0.569. The quantitative estimate of drug-likeness (QED) is 0.275. The number of urea groups is 1. The van der Waals surface area contributed by atoms with Crippen molar-refractivity contribution >= 4 is 30.2 Å². The molecule has 11 nitrogen and oxygen atoms in total. The number of carboxylic acid groups (broad SMARTS) is 1. The van der Waals surface area contributed by atoms with Crippen molar-refractivity contribution in [2.45, 2.75) is 120 Å². The average molecular weight is 550 g/mol. The summed E-state index contributed by atoms with van der Waals surface area (Å²) >= 11 is 0. The average Bonchev–Trinajstić information content (AvgIpc) is 2.92. The van der Waals surface area contributed by atoms with Crippen molar-refractivity contribution in [1.29, 1.82) is 0 Å². The first-order valence-electron chi connectivity index (χ1n) is 14.8. The highest BCUT2D eigenvalue weighted by atomic mass is 16.4. The zero-order valence-electron chi connectivity index (χ0n) is 23.4. The molecule has 0 radical (unpaired) electrons. The van der Waals surface area contributed by atoms with Crippen LogP contribution in [0.2, 0.25) is 0 Å². The van der Waals surface area contributed by atoms with Crippen molar-refractivity contribution in [1.82, 2.24) is 25.8 Å². The van der Waals surface area contributed by atoms with Gasteiger partial charge in [-0.05, 0) is 70.1 Å². The van der Waals surface area contributed by atoms with Gasteiger partial charge in [0.2, 0.25) is 18.2 Å². The fraction of sp³-hybridized carbons (Fsp3) is 0.821. The Morgan fingerprint density at radius 1 is 0.795 bits per heavy atom. The van der Waals surface area contributed by atoms with Gasteiger partial charge in [0, 0.05) is 44.2 Å². The molecule has 0 aliphatic heterocycles. The molecule has 39 heavy (non-hydrogen) atoms. The van der Waals surface area contributed by atoms with E-state index in [2.05, 4.69) is 16.0 Å². The predicted octanol–water partition coefficient (Wildman–Crippen LogP) is 2.39. The van der Waals surface area contributed by atoms with Crippen LogP contribution >= 0.6 is 0 Å². The smallest absolute Gasteiger partial charge is 0.315 e. The Balaban J connectivity index is 1.29. The lowest BCUT2D eigenvalue weighted by Gasteiger charge is -2.36. The standard InChI is InChI=1S/C28H47N5O6/c1-32(26(36)18-33(19-34)16-15-27(37)38)24-13-11-22(12-14-24)29-25(35)17-20-7-9-23(10-8-20)31-28(39)30-21-5-3-2-4-6-21/h19-24H,2-18H2,1H3,(H,29,35)(H,37,38)(H2,30,31,39). The Morgan fingerprint density at radius 2 is 1.36 bits per heavy atom. The van der Waals surface area contributed by atoms with Gasteiger partial charge in [0.15, 0.2) is 0 Å². The van der Waals surface area contributed by atoms with E-state index in [9.17, 15) is 24.0 Å². The molecule has 220 valence electrons. The van der Waals surface area contributed by atoms with Crippen LogP contribution in [0.15, 0.2) is 0 Å². The fourth-order valence-electron chi connectivity index (χ4n) is 6.22. The molecule has 5 amide bonds. The largest absolute Gasteiger partial charge is 0.481 e. The third kappa shape index (κ3) is 10.7. The number of amides is 5. The first kappa shape index (κ1) is 30.7. The van der Waals surface area contributed by atoms with Gasteiger partial charge in [-0.15, -0.1) is 0 Å². The summed E-state index contributed by atoms with van der Waals surface area (Å²) < 4.78 is 0. The lowest BCUT2D eigenvalue weighted by Crippen LogP contribution is -2.48. The van der Waals surface area contributed by atoms with Crippen LogP contribution in [0.25, 0.3) is 0 Å². The van der Waals surface area contributed by atoms with Gasteiger partial charge in [-0.1, -0.05) is 19.3 Å². The van der Waals surface area contributed by atoms with E-state index in [1.165, 1.54) is 24.2 Å². The minimum absolute atomic E-state index is 0.00506. The van der Waals surface area contributed by atoms with Crippen molar-refractivity contribution in [3.63, 3.8) is 0 Å². The Hall–Kier alpha value is -2.85. The summed E-state index contributed by atoms with van der Waals surface area (Å²) in [6.07, 6.45) is 13.4. The van der Waals surface area contributed by atoms with E-state index in [0.717, 1.165) is 64.2 Å². The summed E-state index contributed by atoms with van der Waals surface area (Å²) in [7, 11) is 1.72. The molecule has 3 aliphatic rings. The first-order valence-corrected chi connectivity index (χ1v) is 14.8. The number of nitrogens with zero attached hydrogens (tertiary/aromatic N) is 2. The van der Waals surface area contributed by atoms with Gasteiger partial charge in [0.1, 0.15) is 0 Å². The maximum atomic E-state index is 12.7. The molecule has 4 N–H and O–H groups in total. The summed E-state index contributed by atoms with van der Waals surface area (Å²) in [5.74, 6) is -0.806. The van der Waals surface area contributed by atoms with E-state index < -0.39 is 5.97 Å². The van der Waals surface area contributed by atoms with E-state index >= 15 is 0 Å². The molecule has 0 aromatic rings. The van der Waals surface area contributed by atoms with Crippen molar-refractivity contribution < 1.29 is 29.1 Å². The van der Waals surface area contributed by atoms with Gasteiger partial charge in [0.25, 0.3) is 0 Å². The number of rotatable bonds is 12. The molecule has 3 aliphatic carbocycles. The molecule has 0 aromatic carbocycles. The maximum absolute atomic E-state index is 12.7. The number of nitrogens with one attached hydrogen (secondary N) is 3. The number of likely N-dealkylation sites (N-methyl/N-ethyl adjacent to an activating group) is 1. The molecule has 0 saturated heterocycles. The lowest BCUT2D eigenvalue weighted by atomic mass is 9.83. The topological polar surface area (TPSA) is 148 Å². The van der Waals surface area contributed by atoms with Crippen LogP contribution in [-0.4, -0.2) is 89.4 Å². The number of hydrogen-bond acceptors (Lipinski definition) is 5. The second-order valence-corrected chi connectivity index (χ2v) is 11.7. The van der Waals surface area contributed by atoms with Crippen molar-refractivity contribution in [3.8, 4) is 0 Å². The van der Waals surface area contributed by atoms with Gasteiger partial charge in [0.05, 0.1) is 13.0 Å². The minimum atomic E-state index is -1.01. The fourth-order valence-corrected chi connectivity index (χ4v) is 6.22. The summed E-state index contributed by atoms with van der Waals surface area (Å²) in [6.45, 7) is -0.127. The third-order valence-electron chi connectivity index (χ3n) is 8.70. The van der Waals surface area contributed by atoms with Crippen LogP contribution in [0.1, 0.15) is 96.3 Å². The number of carboxylic acids is 1. The first-order chi connectivity index (χ1) is 18.7. The Labute approximate surface area is 231 Å². The normalized spacial score (nSPS) is 25.7. The highest BCUT2D eigenvalue weighted by molar-refractivity contribution is 5.80. The van der Waals surface area contributed by atoms with Gasteiger partial charge in [-0.25, -0.2) is 4.79 Å². The van der Waals surface area contributed by atoms with Gasteiger partial charge >= 0.3 is 12.0 Å². The maximum Gasteiger partial charge on any atom is 0.315 e. The van der Waals surface area contributed by atoms with Crippen molar-refractivity contribution in [3.05, 3.63) is 0 Å². The highest BCUT2D eigenvalue weighted by Crippen LogP contribution is 2.28. The molecule has 0 aromatic heterocycles. The molecule has 3 fully saturated rings. The van der Waals surface area contributed by atoms with E-state index in [1.807, 2.05) is 0 Å². The molecule has 0 bridgehead atoms. The SMILES string of the molecule is CN(C(=O)CN(C=O)CCC(=O)O)C1CCC(NC(=O)CC2CCC(NC(=O)NC3CCCCC3)CC2)CC1. The molecule has 0 unspecified atom stereocenters. The molecule has 3 saturated carbocycles. The van der Waals surface area contributed by atoms with Crippen LogP contribution in [0.3, 0.4) is 0 Å². The summed E-state index contributed by atoms with van der Waals surface area (Å²) in [4.78, 5) is 62.4. The number of carbonyl (C=O) groups excluding carboxylic acids is 4. The van der Waals surface area contributed by atoms with Crippen LogP contribution in [0, 0.1) is 5.92 Å². The molecule has 0 heterocycles. The van der Waals surface area contributed by atoms with Crippen LogP contribution < -0.4 is 16.0 Å². The zero-order valence-corrected chi connectivity index (χ0v) is 23.4. The highest BCUT2D eigenvalue weighted by Gasteiger charge is 2.29. The number of carbonyl (C=O) groups is 5. The van der Waals surface area contributed by atoms with Gasteiger partial charge in [-0.2, -0.15) is 0 Å². The molecule has 0 atom stereocenters. The van der Waals surface area contributed by atoms with Gasteiger partial charge < -0.3 is 30.9 Å². The second kappa shape index (κ2) is 15.7. The molecule has 3 rings (SSSR count). The van der Waals surface area contributed by atoms with E-state index in [0.29, 0.717) is 24.8 Å². The summed E-state index contributed by atoms with van der Waals surface area (Å²) in [5, 5.41) is 18.2. The monoisotopic (exact) mass is 549 g/mol. The molecule has 0 spiro atoms. The van der Waals surface area contributed by atoms with Crippen molar-refractivity contribution in [2.24, 2.45) is 5.92 Å². The Kier molecular flexibility index (Phi) is 12.3. The zero-order chi connectivity index (χ0) is 28.2. The van der Waals surface area contributed by atoms with Gasteiger partial charge in [-0.3, -0.25) is 19.2 Å². The molecular formula is C28H47N5O6. The van der Waals surface area contributed by atoms with E-state index in [-0.39, 0.29) is 55.5 Å². The second-order valence-electron chi connectivity index (χ2n) is 11.7. The third-order valence-corrected chi connectivity index (χ3v) is 8.70. The minimum Gasteiger partial charge on any atom is -0.481 e. The number of aliphatic carboxylic acids is 1. The summed E-state index contributed by atoms with van der Waals surface area (Å²) in [5.41, 5.74) is 0. The predicted molar refractivity (Wildman–Crippen MR) is 146 cm³/mol. The lowest BCUT2D eigenvalue weighted by molar-refractivity contribution is -0.140. The molecular weight excluding hydrogens is 502 g/mol. The van der Waals surface area contributed by atoms with Crippen LogP contribution in [0.4, 0.5) is 4.79 Å². The van der Waals surface area contributed by atoms with E-state index in [4.69, 9.17) is 5.11 Å². The van der Waals surface area contributed by atoms with E-state index in [1.54, 1.807) is 11.9 Å². The van der Waals surface area contributed by atoms with Crippen LogP contribution in [-0.2, 0) is 19.2 Å².